The quantitative estimate of drug-likeness (QED) is 0.810. The van der Waals surface area contributed by atoms with Gasteiger partial charge in [-0.15, -0.1) is 0 Å². The van der Waals surface area contributed by atoms with E-state index in [0.717, 1.165) is 38.0 Å². The van der Waals surface area contributed by atoms with Gasteiger partial charge in [-0.1, -0.05) is 13.8 Å². The van der Waals surface area contributed by atoms with Crippen LogP contribution >= 0.6 is 0 Å². The Morgan fingerprint density at radius 1 is 1.33 bits per heavy atom. The van der Waals surface area contributed by atoms with E-state index in [1.165, 1.54) is 0 Å². The van der Waals surface area contributed by atoms with Crippen LogP contribution in [-0.4, -0.2) is 25.6 Å². The Balaban J connectivity index is 2.13. The molecule has 1 aliphatic rings. The van der Waals surface area contributed by atoms with Gasteiger partial charge < -0.3 is 9.88 Å². The molecule has 0 spiro atoms. The fourth-order valence-electron chi connectivity index (χ4n) is 2.97. The van der Waals surface area contributed by atoms with Crippen molar-refractivity contribution in [3.63, 3.8) is 0 Å². The van der Waals surface area contributed by atoms with Crippen molar-refractivity contribution < 1.29 is 8.42 Å². The molecule has 1 heterocycles. The lowest BCUT2D eigenvalue weighted by molar-refractivity contribution is 0.538. The summed E-state index contributed by atoms with van der Waals surface area (Å²) in [5.74, 6) is 0.613. The summed E-state index contributed by atoms with van der Waals surface area (Å²) in [7, 11) is -3.40. The van der Waals surface area contributed by atoms with E-state index in [2.05, 4.69) is 17.0 Å². The number of hydrogen-bond acceptors (Lipinski definition) is 3. The van der Waals surface area contributed by atoms with Gasteiger partial charge in [0.05, 0.1) is 4.90 Å². The van der Waals surface area contributed by atoms with Gasteiger partial charge in [-0.05, 0) is 44.7 Å². The van der Waals surface area contributed by atoms with Gasteiger partial charge in [0.25, 0.3) is 0 Å². The molecular weight excluding hydrogens is 286 g/mol. The van der Waals surface area contributed by atoms with Crippen LogP contribution in [0.4, 0.5) is 0 Å². The van der Waals surface area contributed by atoms with Gasteiger partial charge in [0, 0.05) is 31.0 Å². The lowest BCUT2D eigenvalue weighted by Crippen LogP contribution is -2.32. The first-order valence-electron chi connectivity index (χ1n) is 7.88. The van der Waals surface area contributed by atoms with Crippen molar-refractivity contribution in [2.75, 3.05) is 6.54 Å². The molecule has 6 heteroatoms. The lowest BCUT2D eigenvalue weighted by atomic mass is 10.1. The molecule has 1 fully saturated rings. The largest absolute Gasteiger partial charge is 0.349 e. The van der Waals surface area contributed by atoms with Crippen LogP contribution in [0, 0.1) is 5.92 Å². The third-order valence-corrected chi connectivity index (χ3v) is 5.67. The molecule has 21 heavy (non-hydrogen) atoms. The van der Waals surface area contributed by atoms with Crippen LogP contribution in [0.15, 0.2) is 17.2 Å². The second-order valence-electron chi connectivity index (χ2n) is 5.97. The van der Waals surface area contributed by atoms with Crippen LogP contribution in [0.1, 0.15) is 45.7 Å². The summed E-state index contributed by atoms with van der Waals surface area (Å²) in [5.41, 5.74) is 1.01. The molecule has 1 aromatic heterocycles. The Morgan fingerprint density at radius 2 is 2.10 bits per heavy atom. The minimum atomic E-state index is -3.40. The summed E-state index contributed by atoms with van der Waals surface area (Å²) in [4.78, 5) is 0.386. The molecule has 0 aliphatic heterocycles. The number of aryl methyl sites for hydroxylation is 1. The molecule has 120 valence electrons. The lowest BCUT2D eigenvalue weighted by Gasteiger charge is -2.11. The van der Waals surface area contributed by atoms with E-state index in [4.69, 9.17) is 0 Å². The van der Waals surface area contributed by atoms with Crippen molar-refractivity contribution in [3.05, 3.63) is 18.0 Å². The molecule has 5 nitrogen and oxygen atoms in total. The molecule has 2 atom stereocenters. The molecule has 2 N–H and O–H groups in total. The minimum absolute atomic E-state index is 0.0900. The molecule has 1 aliphatic carbocycles. The number of aromatic nitrogens is 1. The molecule has 0 saturated heterocycles. The van der Waals surface area contributed by atoms with E-state index in [0.29, 0.717) is 17.4 Å². The summed E-state index contributed by atoms with van der Waals surface area (Å²) in [6.45, 7) is 8.58. The average molecular weight is 313 g/mol. The first-order chi connectivity index (χ1) is 9.96. The maximum atomic E-state index is 12.5. The van der Waals surface area contributed by atoms with Crippen molar-refractivity contribution in [1.29, 1.82) is 0 Å². The van der Waals surface area contributed by atoms with E-state index < -0.39 is 10.0 Å². The number of rotatable bonds is 7. The van der Waals surface area contributed by atoms with Crippen LogP contribution in [0.3, 0.4) is 0 Å². The maximum Gasteiger partial charge on any atom is 0.242 e. The molecule has 1 aromatic rings. The zero-order valence-corrected chi connectivity index (χ0v) is 14.0. The van der Waals surface area contributed by atoms with Crippen LogP contribution in [-0.2, 0) is 23.1 Å². The molecular formula is C15H27N3O2S. The van der Waals surface area contributed by atoms with Gasteiger partial charge in [-0.25, -0.2) is 13.1 Å². The summed E-state index contributed by atoms with van der Waals surface area (Å²) in [5, 5.41) is 3.25. The van der Waals surface area contributed by atoms with Crippen LogP contribution in [0.25, 0.3) is 0 Å². The smallest absolute Gasteiger partial charge is 0.242 e. The Hall–Kier alpha value is -0.850. The highest BCUT2D eigenvalue weighted by molar-refractivity contribution is 7.89. The Labute approximate surface area is 128 Å². The highest BCUT2D eigenvalue weighted by Gasteiger charge is 2.27. The number of sulfonamides is 1. The molecule has 0 amide bonds. The molecule has 1 saturated carbocycles. The van der Waals surface area contributed by atoms with Gasteiger partial charge in [0.1, 0.15) is 0 Å². The fourth-order valence-corrected chi connectivity index (χ4v) is 4.32. The molecule has 0 radical (unpaired) electrons. The van der Waals surface area contributed by atoms with Gasteiger partial charge in [-0.3, -0.25) is 0 Å². The molecule has 0 bridgehead atoms. The van der Waals surface area contributed by atoms with E-state index in [9.17, 15) is 8.42 Å². The fraction of sp³-hybridized carbons (Fsp3) is 0.733. The van der Waals surface area contributed by atoms with Crippen LogP contribution < -0.4 is 10.0 Å². The summed E-state index contributed by atoms with van der Waals surface area (Å²) in [6.07, 6.45) is 4.74. The SMILES string of the molecule is CCNCc1cc(S(=O)(=O)NC2CCC(C)C2)cn1CC. The van der Waals surface area contributed by atoms with Gasteiger partial charge in [0.2, 0.25) is 10.0 Å². The van der Waals surface area contributed by atoms with Gasteiger partial charge in [-0.2, -0.15) is 0 Å². The molecule has 2 rings (SSSR count). The normalized spacial score (nSPS) is 22.8. The second-order valence-corrected chi connectivity index (χ2v) is 7.68. The zero-order chi connectivity index (χ0) is 15.5. The summed E-state index contributed by atoms with van der Waals surface area (Å²) in [6, 6.07) is 1.87. The topological polar surface area (TPSA) is 63.1 Å². The molecule has 2 unspecified atom stereocenters. The van der Waals surface area contributed by atoms with E-state index in [1.54, 1.807) is 12.3 Å². The van der Waals surface area contributed by atoms with E-state index >= 15 is 0 Å². The third kappa shape index (κ3) is 4.08. The predicted octanol–water partition coefficient (Wildman–Crippen LogP) is 2.08. The Kier molecular flexibility index (Phi) is 5.46. The van der Waals surface area contributed by atoms with Crippen LogP contribution in [0.2, 0.25) is 0 Å². The van der Waals surface area contributed by atoms with E-state index in [1.807, 2.05) is 18.4 Å². The summed E-state index contributed by atoms with van der Waals surface area (Å²) < 4.78 is 29.9. The highest BCUT2D eigenvalue weighted by atomic mass is 32.2. The first kappa shape index (κ1) is 16.5. The zero-order valence-electron chi connectivity index (χ0n) is 13.2. The number of nitrogens with one attached hydrogen (secondary N) is 2. The number of nitrogens with zero attached hydrogens (tertiary/aromatic N) is 1. The Morgan fingerprint density at radius 3 is 2.67 bits per heavy atom. The van der Waals surface area contributed by atoms with Crippen molar-refractivity contribution in [1.82, 2.24) is 14.6 Å². The average Bonchev–Trinajstić information content (AvgIpc) is 3.02. The maximum absolute atomic E-state index is 12.5. The van der Waals surface area contributed by atoms with Gasteiger partial charge in [0.15, 0.2) is 0 Å². The minimum Gasteiger partial charge on any atom is -0.349 e. The molecule has 0 aromatic carbocycles. The van der Waals surface area contributed by atoms with Crippen molar-refractivity contribution in [2.45, 2.75) is 64.1 Å². The van der Waals surface area contributed by atoms with Gasteiger partial charge >= 0.3 is 0 Å². The third-order valence-electron chi connectivity index (χ3n) is 4.18. The van der Waals surface area contributed by atoms with E-state index in [-0.39, 0.29) is 6.04 Å². The van der Waals surface area contributed by atoms with Crippen molar-refractivity contribution in [3.8, 4) is 0 Å². The second kappa shape index (κ2) is 6.94. The summed E-state index contributed by atoms with van der Waals surface area (Å²) >= 11 is 0. The number of hydrogen-bond donors (Lipinski definition) is 2. The monoisotopic (exact) mass is 313 g/mol. The standard InChI is InChI=1S/C15H27N3O2S/c1-4-16-10-14-9-15(11-18(14)5-2)21(19,20)17-13-7-6-12(3)8-13/h9,11-13,16-17H,4-8,10H2,1-3H3. The first-order valence-corrected chi connectivity index (χ1v) is 9.36. The Bertz CT molecular complexity index is 565. The highest BCUT2D eigenvalue weighted by Crippen LogP contribution is 2.26. The van der Waals surface area contributed by atoms with Crippen LogP contribution in [0.5, 0.6) is 0 Å². The van der Waals surface area contributed by atoms with Crippen molar-refractivity contribution >= 4 is 10.0 Å². The predicted molar refractivity (Wildman–Crippen MR) is 84.6 cm³/mol. The van der Waals surface area contributed by atoms with Crippen molar-refractivity contribution in [2.24, 2.45) is 5.92 Å².